The van der Waals surface area contributed by atoms with Gasteiger partial charge in [0.2, 0.25) is 5.91 Å². The lowest BCUT2D eigenvalue weighted by Crippen LogP contribution is -2.34. The molecule has 2 aromatic rings. The first kappa shape index (κ1) is 14.4. The van der Waals surface area contributed by atoms with Gasteiger partial charge in [0.1, 0.15) is 0 Å². The van der Waals surface area contributed by atoms with Crippen LogP contribution in [0.2, 0.25) is 0 Å². The van der Waals surface area contributed by atoms with E-state index in [1.54, 1.807) is 5.01 Å². The van der Waals surface area contributed by atoms with Crippen molar-refractivity contribution in [3.63, 3.8) is 0 Å². The van der Waals surface area contributed by atoms with E-state index in [9.17, 15) is 18.0 Å². The van der Waals surface area contributed by atoms with Gasteiger partial charge in [-0.1, -0.05) is 30.3 Å². The van der Waals surface area contributed by atoms with Crippen molar-refractivity contribution in [3.8, 4) is 0 Å². The molecule has 1 fully saturated rings. The Morgan fingerprint density at radius 2 is 1.64 bits per heavy atom. The second-order valence-electron chi connectivity index (χ2n) is 5.08. The van der Waals surface area contributed by atoms with Gasteiger partial charge in [0.25, 0.3) is 0 Å². The van der Waals surface area contributed by atoms with Crippen LogP contribution in [-0.4, -0.2) is 5.91 Å². The van der Waals surface area contributed by atoms with Crippen LogP contribution in [0.5, 0.6) is 0 Å². The van der Waals surface area contributed by atoms with E-state index >= 15 is 0 Å². The summed E-state index contributed by atoms with van der Waals surface area (Å²) < 4.78 is 37.9. The summed E-state index contributed by atoms with van der Waals surface area (Å²) in [6.45, 7) is 0. The largest absolute Gasteiger partial charge is 0.416 e. The average Bonchev–Trinajstić information content (AvgIpc) is 2.89. The molecule has 1 atom stereocenters. The van der Waals surface area contributed by atoms with E-state index in [4.69, 9.17) is 0 Å². The molecule has 1 N–H and O–H groups in total. The molecular weight excluding hydrogens is 293 g/mol. The molecule has 0 aromatic heterocycles. The SMILES string of the molecule is O=C1C[C@@H](c2ccc(C(F)(F)F)cc2)N(c2ccccc2)N1. The molecule has 114 valence electrons. The van der Waals surface area contributed by atoms with Crippen LogP contribution in [0.15, 0.2) is 54.6 Å². The zero-order valence-electron chi connectivity index (χ0n) is 11.5. The molecule has 1 amide bonds. The normalized spacial score (nSPS) is 18.4. The second kappa shape index (κ2) is 5.36. The number of anilines is 1. The maximum absolute atomic E-state index is 12.6. The van der Waals surface area contributed by atoms with Gasteiger partial charge in [-0.15, -0.1) is 0 Å². The summed E-state index contributed by atoms with van der Waals surface area (Å²) >= 11 is 0. The number of carbonyl (C=O) groups is 1. The van der Waals surface area contributed by atoms with E-state index < -0.39 is 11.7 Å². The van der Waals surface area contributed by atoms with Crippen LogP contribution in [0, 0.1) is 0 Å². The molecule has 0 unspecified atom stereocenters. The summed E-state index contributed by atoms with van der Waals surface area (Å²) in [6.07, 6.45) is -4.15. The fourth-order valence-corrected chi connectivity index (χ4v) is 2.52. The summed E-state index contributed by atoms with van der Waals surface area (Å²) in [4.78, 5) is 11.7. The van der Waals surface area contributed by atoms with Crippen LogP contribution in [0.1, 0.15) is 23.6 Å². The van der Waals surface area contributed by atoms with Gasteiger partial charge in [-0.25, -0.2) is 0 Å². The number of para-hydroxylation sites is 1. The number of alkyl halides is 3. The molecule has 1 aliphatic heterocycles. The molecule has 3 nitrogen and oxygen atoms in total. The predicted molar refractivity (Wildman–Crippen MR) is 75.9 cm³/mol. The molecule has 22 heavy (non-hydrogen) atoms. The van der Waals surface area contributed by atoms with E-state index in [-0.39, 0.29) is 18.4 Å². The van der Waals surface area contributed by atoms with Gasteiger partial charge < -0.3 is 0 Å². The molecule has 1 saturated heterocycles. The van der Waals surface area contributed by atoms with Crippen molar-refractivity contribution < 1.29 is 18.0 Å². The van der Waals surface area contributed by atoms with E-state index in [1.807, 2.05) is 30.3 Å². The Morgan fingerprint density at radius 3 is 2.23 bits per heavy atom. The highest BCUT2D eigenvalue weighted by molar-refractivity contribution is 5.83. The Labute approximate surface area is 125 Å². The molecule has 6 heteroatoms. The van der Waals surface area contributed by atoms with Crippen molar-refractivity contribution in [2.45, 2.75) is 18.6 Å². The zero-order chi connectivity index (χ0) is 15.7. The van der Waals surface area contributed by atoms with Crippen molar-refractivity contribution >= 4 is 11.6 Å². The highest BCUT2D eigenvalue weighted by Crippen LogP contribution is 2.34. The first-order valence-electron chi connectivity index (χ1n) is 6.76. The van der Waals surface area contributed by atoms with Crippen LogP contribution in [0.25, 0.3) is 0 Å². The van der Waals surface area contributed by atoms with Gasteiger partial charge in [-0.2, -0.15) is 13.2 Å². The van der Waals surface area contributed by atoms with Gasteiger partial charge in [0, 0.05) is 0 Å². The summed E-state index contributed by atoms with van der Waals surface area (Å²) in [6, 6.07) is 13.8. The van der Waals surface area contributed by atoms with Gasteiger partial charge in [0.05, 0.1) is 23.7 Å². The molecule has 0 radical (unpaired) electrons. The summed E-state index contributed by atoms with van der Waals surface area (Å²) in [5.74, 6) is -0.159. The molecule has 1 aliphatic rings. The lowest BCUT2D eigenvalue weighted by atomic mass is 10.0. The molecule has 1 heterocycles. The quantitative estimate of drug-likeness (QED) is 0.918. The monoisotopic (exact) mass is 306 g/mol. The Bertz CT molecular complexity index is 668. The number of hydrazine groups is 1. The maximum Gasteiger partial charge on any atom is 0.416 e. The number of rotatable bonds is 2. The van der Waals surface area contributed by atoms with Crippen LogP contribution >= 0.6 is 0 Å². The van der Waals surface area contributed by atoms with Gasteiger partial charge in [-0.05, 0) is 29.8 Å². The van der Waals surface area contributed by atoms with Crippen LogP contribution in [0.4, 0.5) is 18.9 Å². The fourth-order valence-electron chi connectivity index (χ4n) is 2.52. The van der Waals surface area contributed by atoms with E-state index in [0.717, 1.165) is 17.8 Å². The molecule has 3 rings (SSSR count). The van der Waals surface area contributed by atoms with E-state index in [0.29, 0.717) is 5.56 Å². The Hall–Kier alpha value is -2.50. The first-order chi connectivity index (χ1) is 10.4. The highest BCUT2D eigenvalue weighted by atomic mass is 19.4. The number of nitrogens with zero attached hydrogens (tertiary/aromatic N) is 1. The number of carbonyl (C=O) groups excluding carboxylic acids is 1. The number of benzene rings is 2. The number of halogens is 3. The van der Waals surface area contributed by atoms with Crippen LogP contribution < -0.4 is 10.4 Å². The van der Waals surface area contributed by atoms with E-state index in [1.165, 1.54) is 12.1 Å². The lowest BCUT2D eigenvalue weighted by Gasteiger charge is -2.26. The smallest absolute Gasteiger partial charge is 0.278 e. The number of nitrogens with one attached hydrogen (secondary N) is 1. The standard InChI is InChI=1S/C16H13F3N2O/c17-16(18,19)12-8-6-11(7-9-12)14-10-15(22)20-21(14)13-4-2-1-3-5-13/h1-9,14H,10H2,(H,20,22)/t14-/m0/s1. The number of amides is 1. The Morgan fingerprint density at radius 1 is 1.00 bits per heavy atom. The van der Waals surface area contributed by atoms with Gasteiger partial charge in [0.15, 0.2) is 0 Å². The first-order valence-corrected chi connectivity index (χ1v) is 6.76. The lowest BCUT2D eigenvalue weighted by molar-refractivity contribution is -0.137. The van der Waals surface area contributed by atoms with Crippen LogP contribution in [0.3, 0.4) is 0 Å². The van der Waals surface area contributed by atoms with Crippen molar-refractivity contribution in [3.05, 3.63) is 65.7 Å². The molecule has 2 aromatic carbocycles. The van der Waals surface area contributed by atoms with Crippen molar-refractivity contribution in [2.75, 3.05) is 5.01 Å². The third kappa shape index (κ3) is 2.77. The second-order valence-corrected chi connectivity index (χ2v) is 5.08. The average molecular weight is 306 g/mol. The summed E-state index contributed by atoms with van der Waals surface area (Å²) in [5, 5.41) is 1.69. The van der Waals surface area contributed by atoms with E-state index in [2.05, 4.69) is 5.43 Å². The third-order valence-corrected chi connectivity index (χ3v) is 3.59. The predicted octanol–water partition coefficient (Wildman–Crippen LogP) is 3.69. The van der Waals surface area contributed by atoms with Gasteiger partial charge >= 0.3 is 6.18 Å². The maximum atomic E-state index is 12.6. The number of hydrogen-bond acceptors (Lipinski definition) is 2. The molecular formula is C16H13F3N2O. The zero-order valence-corrected chi connectivity index (χ0v) is 11.5. The Kier molecular flexibility index (Phi) is 3.52. The molecule has 0 saturated carbocycles. The highest BCUT2D eigenvalue weighted by Gasteiger charge is 2.33. The minimum absolute atomic E-state index is 0.159. The molecule has 0 aliphatic carbocycles. The topological polar surface area (TPSA) is 32.3 Å². The van der Waals surface area contributed by atoms with Crippen molar-refractivity contribution in [1.82, 2.24) is 5.43 Å². The third-order valence-electron chi connectivity index (χ3n) is 3.59. The van der Waals surface area contributed by atoms with Crippen molar-refractivity contribution in [2.24, 2.45) is 0 Å². The minimum Gasteiger partial charge on any atom is -0.278 e. The fraction of sp³-hybridized carbons (Fsp3) is 0.188. The van der Waals surface area contributed by atoms with Crippen LogP contribution in [-0.2, 0) is 11.0 Å². The minimum atomic E-state index is -4.36. The molecule has 0 spiro atoms. The van der Waals surface area contributed by atoms with Crippen molar-refractivity contribution in [1.29, 1.82) is 0 Å². The molecule has 0 bridgehead atoms. The summed E-state index contributed by atoms with van der Waals surface area (Å²) in [7, 11) is 0. The van der Waals surface area contributed by atoms with Gasteiger partial charge in [-0.3, -0.25) is 15.2 Å². The summed E-state index contributed by atoms with van der Waals surface area (Å²) in [5.41, 5.74) is 3.49. The number of hydrogen-bond donors (Lipinski definition) is 1. The Balaban J connectivity index is 1.91.